The fourth-order valence-electron chi connectivity index (χ4n) is 1.93. The van der Waals surface area contributed by atoms with Crippen LogP contribution in [0.3, 0.4) is 0 Å². The number of rotatable bonds is 7. The molecule has 0 aliphatic rings. The van der Waals surface area contributed by atoms with Crippen molar-refractivity contribution in [2.75, 3.05) is 36.9 Å². The summed E-state index contributed by atoms with van der Waals surface area (Å²) in [5.41, 5.74) is 0.907. The molecule has 0 saturated heterocycles. The molecule has 1 aromatic rings. The van der Waals surface area contributed by atoms with E-state index in [4.69, 9.17) is 0 Å². The number of hydrogen-bond donors (Lipinski definition) is 2. The van der Waals surface area contributed by atoms with Crippen LogP contribution in [0.15, 0.2) is 18.2 Å². The first-order chi connectivity index (χ1) is 9.54. The third-order valence-electron chi connectivity index (χ3n) is 2.90. The number of anilines is 2. The Morgan fingerprint density at radius 3 is 2.60 bits per heavy atom. The van der Waals surface area contributed by atoms with Gasteiger partial charge in [0.25, 0.3) is 0 Å². The summed E-state index contributed by atoms with van der Waals surface area (Å²) >= 11 is 0. The van der Waals surface area contributed by atoms with Gasteiger partial charge in [0.05, 0.1) is 11.5 Å². The summed E-state index contributed by atoms with van der Waals surface area (Å²) in [6, 6.07) is 5.07. The van der Waals surface area contributed by atoms with Crippen molar-refractivity contribution in [3.05, 3.63) is 28.3 Å². The highest BCUT2D eigenvalue weighted by Crippen LogP contribution is 2.35. The number of nitrogens with zero attached hydrogens (tertiary/aromatic N) is 2. The van der Waals surface area contributed by atoms with Crippen LogP contribution in [-0.2, 0) is 4.79 Å². The minimum absolute atomic E-state index is 0.0000954. The van der Waals surface area contributed by atoms with E-state index in [2.05, 4.69) is 10.6 Å². The molecule has 0 spiro atoms. The third-order valence-corrected chi connectivity index (χ3v) is 2.90. The Morgan fingerprint density at radius 1 is 1.40 bits per heavy atom. The van der Waals surface area contributed by atoms with Crippen molar-refractivity contribution in [2.24, 2.45) is 0 Å². The van der Waals surface area contributed by atoms with Crippen LogP contribution in [0.1, 0.15) is 13.8 Å². The number of para-hydroxylation sites is 1. The lowest BCUT2D eigenvalue weighted by atomic mass is 10.2. The lowest BCUT2D eigenvalue weighted by molar-refractivity contribution is -0.383. The molecule has 0 saturated carbocycles. The van der Waals surface area contributed by atoms with E-state index in [1.54, 1.807) is 30.1 Å². The first kappa shape index (κ1) is 15.7. The Morgan fingerprint density at radius 2 is 2.10 bits per heavy atom. The van der Waals surface area contributed by atoms with Crippen LogP contribution in [0.4, 0.5) is 17.1 Å². The Bertz CT molecular complexity index is 491. The summed E-state index contributed by atoms with van der Waals surface area (Å²) in [7, 11) is 1.54. The van der Waals surface area contributed by atoms with Gasteiger partial charge < -0.3 is 15.5 Å². The van der Waals surface area contributed by atoms with Gasteiger partial charge in [-0.15, -0.1) is 0 Å². The highest BCUT2D eigenvalue weighted by atomic mass is 16.6. The topological polar surface area (TPSA) is 87.5 Å². The minimum atomic E-state index is -0.417. The largest absolute Gasteiger partial charge is 0.380 e. The number of nitrogens with one attached hydrogen (secondary N) is 2. The number of nitro benzene ring substituents is 1. The monoisotopic (exact) mass is 280 g/mol. The average molecular weight is 280 g/mol. The summed E-state index contributed by atoms with van der Waals surface area (Å²) in [5, 5.41) is 16.8. The van der Waals surface area contributed by atoms with Crippen molar-refractivity contribution in [1.82, 2.24) is 5.32 Å². The van der Waals surface area contributed by atoms with Crippen molar-refractivity contribution in [3.8, 4) is 0 Å². The molecular formula is C13H20N4O3. The molecule has 1 aromatic carbocycles. The fourth-order valence-corrected chi connectivity index (χ4v) is 1.93. The van der Waals surface area contributed by atoms with Crippen LogP contribution < -0.4 is 15.5 Å². The zero-order valence-electron chi connectivity index (χ0n) is 12.0. The number of carbonyl (C=O) groups excluding carboxylic acids is 1. The molecule has 1 amide bonds. The van der Waals surface area contributed by atoms with E-state index < -0.39 is 4.92 Å². The second-order valence-corrected chi connectivity index (χ2v) is 4.15. The van der Waals surface area contributed by atoms with Crippen LogP contribution in [-0.4, -0.2) is 37.5 Å². The lowest BCUT2D eigenvalue weighted by Crippen LogP contribution is -2.35. The van der Waals surface area contributed by atoms with Crippen molar-refractivity contribution in [2.45, 2.75) is 13.8 Å². The van der Waals surface area contributed by atoms with Gasteiger partial charge in [-0.2, -0.15) is 0 Å². The summed E-state index contributed by atoms with van der Waals surface area (Å²) in [6.45, 7) is 4.91. The predicted molar refractivity (Wildman–Crippen MR) is 79.2 cm³/mol. The molecule has 1 rings (SSSR count). The summed E-state index contributed by atoms with van der Waals surface area (Å²) in [4.78, 5) is 24.1. The van der Waals surface area contributed by atoms with E-state index in [0.717, 1.165) is 0 Å². The van der Waals surface area contributed by atoms with E-state index >= 15 is 0 Å². The van der Waals surface area contributed by atoms with Gasteiger partial charge in [-0.1, -0.05) is 6.07 Å². The van der Waals surface area contributed by atoms with Gasteiger partial charge >= 0.3 is 5.69 Å². The van der Waals surface area contributed by atoms with Gasteiger partial charge in [0.2, 0.25) is 5.91 Å². The zero-order chi connectivity index (χ0) is 15.1. The molecule has 0 atom stereocenters. The molecule has 0 aromatic heterocycles. The maximum atomic E-state index is 11.5. The zero-order valence-corrected chi connectivity index (χ0v) is 12.0. The second-order valence-electron chi connectivity index (χ2n) is 4.15. The lowest BCUT2D eigenvalue weighted by Gasteiger charge is -2.22. The number of carbonyl (C=O) groups is 1. The van der Waals surface area contributed by atoms with E-state index in [1.807, 2.05) is 13.8 Å². The van der Waals surface area contributed by atoms with E-state index in [1.165, 1.54) is 0 Å². The second kappa shape index (κ2) is 7.32. The van der Waals surface area contributed by atoms with Crippen LogP contribution in [0.25, 0.3) is 0 Å². The molecule has 0 unspecified atom stereocenters. The SMILES string of the molecule is CCNc1cccc(N(CC)CC(=O)NC)c1[N+](=O)[O-]. The van der Waals surface area contributed by atoms with Crippen molar-refractivity contribution in [1.29, 1.82) is 0 Å². The Labute approximate surface area is 118 Å². The normalized spacial score (nSPS) is 9.95. The van der Waals surface area contributed by atoms with Crippen LogP contribution >= 0.6 is 0 Å². The first-order valence-electron chi connectivity index (χ1n) is 6.51. The molecule has 0 aliphatic heterocycles. The van der Waals surface area contributed by atoms with E-state index in [0.29, 0.717) is 24.5 Å². The van der Waals surface area contributed by atoms with Crippen molar-refractivity contribution < 1.29 is 9.72 Å². The quantitative estimate of drug-likeness (QED) is 0.585. The standard InChI is InChI=1S/C13H20N4O3/c1-4-15-10-7-6-8-11(13(10)17(19)20)16(5-2)9-12(18)14-3/h6-8,15H,4-5,9H2,1-3H3,(H,14,18). The first-order valence-corrected chi connectivity index (χ1v) is 6.51. The number of nitro groups is 1. The number of hydrogen-bond acceptors (Lipinski definition) is 5. The molecule has 0 heterocycles. The van der Waals surface area contributed by atoms with Gasteiger partial charge in [-0.3, -0.25) is 14.9 Å². The van der Waals surface area contributed by atoms with Gasteiger partial charge in [0, 0.05) is 20.1 Å². The number of likely N-dealkylation sites (N-methyl/N-ethyl adjacent to an activating group) is 2. The summed E-state index contributed by atoms with van der Waals surface area (Å²) in [5.74, 6) is -0.185. The average Bonchev–Trinajstić information content (AvgIpc) is 2.44. The number of amides is 1. The smallest absolute Gasteiger partial charge is 0.315 e. The molecule has 110 valence electrons. The molecule has 7 nitrogen and oxygen atoms in total. The van der Waals surface area contributed by atoms with E-state index in [9.17, 15) is 14.9 Å². The van der Waals surface area contributed by atoms with Crippen molar-refractivity contribution >= 4 is 23.0 Å². The molecule has 0 aliphatic carbocycles. The summed E-state index contributed by atoms with van der Waals surface area (Å²) < 4.78 is 0. The van der Waals surface area contributed by atoms with Gasteiger partial charge in [-0.25, -0.2) is 0 Å². The Hall–Kier alpha value is -2.31. The van der Waals surface area contributed by atoms with Gasteiger partial charge in [0.15, 0.2) is 0 Å². The predicted octanol–water partition coefficient (Wildman–Crippen LogP) is 1.60. The van der Waals surface area contributed by atoms with Crippen molar-refractivity contribution in [3.63, 3.8) is 0 Å². The molecule has 20 heavy (non-hydrogen) atoms. The Kier molecular flexibility index (Phi) is 5.76. The minimum Gasteiger partial charge on any atom is -0.380 e. The molecular weight excluding hydrogens is 260 g/mol. The molecule has 0 radical (unpaired) electrons. The highest BCUT2D eigenvalue weighted by Gasteiger charge is 2.23. The molecule has 0 fully saturated rings. The van der Waals surface area contributed by atoms with Crippen LogP contribution in [0, 0.1) is 10.1 Å². The maximum absolute atomic E-state index is 11.5. The molecule has 2 N–H and O–H groups in total. The van der Waals surface area contributed by atoms with Gasteiger partial charge in [0.1, 0.15) is 11.4 Å². The summed E-state index contributed by atoms with van der Waals surface area (Å²) in [6.07, 6.45) is 0. The number of benzene rings is 1. The van der Waals surface area contributed by atoms with Gasteiger partial charge in [-0.05, 0) is 26.0 Å². The third kappa shape index (κ3) is 3.59. The molecule has 7 heteroatoms. The Balaban J connectivity index is 3.23. The van der Waals surface area contributed by atoms with Crippen LogP contribution in [0.2, 0.25) is 0 Å². The van der Waals surface area contributed by atoms with Crippen LogP contribution in [0.5, 0.6) is 0 Å². The molecule has 0 bridgehead atoms. The fraction of sp³-hybridized carbons (Fsp3) is 0.462. The highest BCUT2D eigenvalue weighted by molar-refractivity contribution is 5.84. The maximum Gasteiger partial charge on any atom is 0.315 e. The van der Waals surface area contributed by atoms with E-state index in [-0.39, 0.29) is 18.1 Å².